The molecule has 0 atom stereocenters. The average Bonchev–Trinajstić information content (AvgIpc) is 2.67. The molecule has 4 nitrogen and oxygen atoms in total. The first kappa shape index (κ1) is 16.6. The van der Waals surface area contributed by atoms with E-state index in [1.165, 1.54) is 16.7 Å². The van der Waals surface area contributed by atoms with Crippen molar-refractivity contribution in [2.24, 2.45) is 0 Å². The van der Waals surface area contributed by atoms with Gasteiger partial charge in [0.25, 0.3) is 0 Å². The molecule has 0 saturated heterocycles. The second-order valence-corrected chi connectivity index (χ2v) is 6.77. The van der Waals surface area contributed by atoms with Crippen molar-refractivity contribution in [3.05, 3.63) is 77.0 Å². The van der Waals surface area contributed by atoms with E-state index in [-0.39, 0.29) is 0 Å². The molecule has 132 valence electrons. The molecule has 0 saturated carbocycles. The average molecular weight is 344 g/mol. The van der Waals surface area contributed by atoms with Crippen molar-refractivity contribution in [2.75, 3.05) is 16.8 Å². The molecule has 2 heterocycles. The molecule has 0 spiro atoms. The lowest BCUT2D eigenvalue weighted by Crippen LogP contribution is -2.31. The van der Waals surface area contributed by atoms with Gasteiger partial charge in [0.1, 0.15) is 5.82 Å². The summed E-state index contributed by atoms with van der Waals surface area (Å²) < 4.78 is 0. The van der Waals surface area contributed by atoms with E-state index in [2.05, 4.69) is 70.7 Å². The molecule has 0 fully saturated rings. The van der Waals surface area contributed by atoms with Crippen molar-refractivity contribution < 1.29 is 0 Å². The maximum Gasteiger partial charge on any atom is 0.229 e. The summed E-state index contributed by atoms with van der Waals surface area (Å²) >= 11 is 0. The number of nitrogens with one attached hydrogen (secondary N) is 1. The summed E-state index contributed by atoms with van der Waals surface area (Å²) in [7, 11) is 0. The SMILES string of the molecule is CCc1ccccc1Nc1nc(C)cc(N2CCc3ccccc3C2)n1. The van der Waals surface area contributed by atoms with Gasteiger partial charge in [0.2, 0.25) is 5.95 Å². The Morgan fingerprint density at radius 1 is 1.00 bits per heavy atom. The van der Waals surface area contributed by atoms with Crippen LogP contribution in [0.25, 0.3) is 0 Å². The normalized spacial score (nSPS) is 13.4. The van der Waals surface area contributed by atoms with Gasteiger partial charge < -0.3 is 10.2 Å². The Labute approximate surface area is 154 Å². The molecule has 2 aromatic carbocycles. The second kappa shape index (κ2) is 7.16. The van der Waals surface area contributed by atoms with Crippen LogP contribution in [0.5, 0.6) is 0 Å². The number of benzene rings is 2. The first-order chi connectivity index (χ1) is 12.7. The lowest BCUT2D eigenvalue weighted by molar-refractivity contribution is 0.719. The topological polar surface area (TPSA) is 41.1 Å². The van der Waals surface area contributed by atoms with E-state index in [1.54, 1.807) is 0 Å². The summed E-state index contributed by atoms with van der Waals surface area (Å²) in [6.45, 7) is 6.07. The van der Waals surface area contributed by atoms with Crippen molar-refractivity contribution in [3.63, 3.8) is 0 Å². The van der Waals surface area contributed by atoms with Crippen LogP contribution in [0.1, 0.15) is 29.3 Å². The Morgan fingerprint density at radius 3 is 2.62 bits per heavy atom. The van der Waals surface area contributed by atoms with Crippen LogP contribution in [0.2, 0.25) is 0 Å². The van der Waals surface area contributed by atoms with E-state index >= 15 is 0 Å². The third-order valence-electron chi connectivity index (χ3n) is 4.94. The van der Waals surface area contributed by atoms with Crippen LogP contribution in [0, 0.1) is 6.92 Å². The highest BCUT2D eigenvalue weighted by Gasteiger charge is 2.18. The molecule has 1 N–H and O–H groups in total. The smallest absolute Gasteiger partial charge is 0.229 e. The fourth-order valence-electron chi connectivity index (χ4n) is 3.53. The highest BCUT2D eigenvalue weighted by Crippen LogP contribution is 2.26. The molecule has 0 amide bonds. The number of hydrogen-bond acceptors (Lipinski definition) is 4. The van der Waals surface area contributed by atoms with Crippen LogP contribution in [-0.4, -0.2) is 16.5 Å². The summed E-state index contributed by atoms with van der Waals surface area (Å²) in [5.74, 6) is 1.66. The predicted octanol–water partition coefficient (Wildman–Crippen LogP) is 4.65. The molecule has 0 unspecified atom stereocenters. The molecule has 4 rings (SSSR count). The largest absolute Gasteiger partial charge is 0.352 e. The Morgan fingerprint density at radius 2 is 1.77 bits per heavy atom. The molecule has 0 aliphatic carbocycles. The van der Waals surface area contributed by atoms with E-state index in [0.29, 0.717) is 5.95 Å². The first-order valence-electron chi connectivity index (χ1n) is 9.25. The molecule has 4 heteroatoms. The van der Waals surface area contributed by atoms with Crippen LogP contribution in [0.15, 0.2) is 54.6 Å². The summed E-state index contributed by atoms with van der Waals surface area (Å²) in [5, 5.41) is 3.41. The third-order valence-corrected chi connectivity index (χ3v) is 4.94. The summed E-state index contributed by atoms with van der Waals surface area (Å²) in [6, 6.07) is 19.1. The van der Waals surface area contributed by atoms with Gasteiger partial charge in [-0.3, -0.25) is 0 Å². The van der Waals surface area contributed by atoms with Crippen molar-refractivity contribution in [2.45, 2.75) is 33.2 Å². The Balaban J connectivity index is 1.61. The standard InChI is InChI=1S/C22H24N4/c1-3-17-8-6-7-11-20(17)24-22-23-16(2)14-21(25-22)26-13-12-18-9-4-5-10-19(18)15-26/h4-11,14H,3,12-13,15H2,1-2H3,(H,23,24,25). The molecule has 1 aromatic heterocycles. The first-order valence-corrected chi connectivity index (χ1v) is 9.25. The van der Waals surface area contributed by atoms with Gasteiger partial charge in [0.15, 0.2) is 0 Å². The van der Waals surface area contributed by atoms with Gasteiger partial charge in [-0.25, -0.2) is 4.98 Å². The Kier molecular flexibility index (Phi) is 4.57. The monoisotopic (exact) mass is 344 g/mol. The number of anilines is 3. The van der Waals surface area contributed by atoms with Crippen molar-refractivity contribution in [1.82, 2.24) is 9.97 Å². The van der Waals surface area contributed by atoms with Gasteiger partial charge in [0.05, 0.1) is 0 Å². The molecule has 3 aromatic rings. The molecule has 0 radical (unpaired) electrons. The number of aromatic nitrogens is 2. The van der Waals surface area contributed by atoms with Crippen LogP contribution in [0.3, 0.4) is 0 Å². The third kappa shape index (κ3) is 3.40. The van der Waals surface area contributed by atoms with Gasteiger partial charge in [-0.1, -0.05) is 49.4 Å². The van der Waals surface area contributed by atoms with Crippen LogP contribution < -0.4 is 10.2 Å². The number of aryl methyl sites for hydroxylation is 2. The van der Waals surface area contributed by atoms with Crippen LogP contribution in [-0.2, 0) is 19.4 Å². The van der Waals surface area contributed by atoms with Gasteiger partial charge in [-0.15, -0.1) is 0 Å². The number of nitrogens with zero attached hydrogens (tertiary/aromatic N) is 3. The Bertz CT molecular complexity index is 920. The van der Waals surface area contributed by atoms with Crippen molar-refractivity contribution in [3.8, 4) is 0 Å². The number of para-hydroxylation sites is 1. The Hall–Kier alpha value is -2.88. The zero-order valence-corrected chi connectivity index (χ0v) is 15.4. The molecule has 0 bridgehead atoms. The van der Waals surface area contributed by atoms with E-state index in [1.807, 2.05) is 13.0 Å². The lowest BCUT2D eigenvalue weighted by Gasteiger charge is -2.30. The van der Waals surface area contributed by atoms with Gasteiger partial charge >= 0.3 is 0 Å². The molecule has 26 heavy (non-hydrogen) atoms. The molecular formula is C22H24N4. The van der Waals surface area contributed by atoms with E-state index in [9.17, 15) is 0 Å². The maximum atomic E-state index is 4.80. The fourth-order valence-corrected chi connectivity index (χ4v) is 3.53. The van der Waals surface area contributed by atoms with Crippen LogP contribution in [0.4, 0.5) is 17.5 Å². The summed E-state index contributed by atoms with van der Waals surface area (Å²) in [4.78, 5) is 11.7. The molecule has 1 aliphatic rings. The maximum absolute atomic E-state index is 4.80. The minimum atomic E-state index is 0.666. The molecular weight excluding hydrogens is 320 g/mol. The zero-order valence-electron chi connectivity index (χ0n) is 15.4. The van der Waals surface area contributed by atoms with Crippen LogP contribution >= 0.6 is 0 Å². The highest BCUT2D eigenvalue weighted by atomic mass is 15.2. The molecule has 1 aliphatic heterocycles. The van der Waals surface area contributed by atoms with E-state index < -0.39 is 0 Å². The second-order valence-electron chi connectivity index (χ2n) is 6.77. The fraction of sp³-hybridized carbons (Fsp3) is 0.273. The van der Waals surface area contributed by atoms with E-state index in [4.69, 9.17) is 4.98 Å². The predicted molar refractivity (Wildman–Crippen MR) is 107 cm³/mol. The number of fused-ring (bicyclic) bond motifs is 1. The lowest BCUT2D eigenvalue weighted by atomic mass is 10.00. The summed E-state index contributed by atoms with van der Waals surface area (Å²) in [6.07, 6.45) is 2.03. The quantitative estimate of drug-likeness (QED) is 0.748. The minimum Gasteiger partial charge on any atom is -0.352 e. The summed E-state index contributed by atoms with van der Waals surface area (Å²) in [5.41, 5.74) is 6.16. The van der Waals surface area contributed by atoms with Gasteiger partial charge in [0, 0.05) is 30.5 Å². The number of hydrogen-bond donors (Lipinski definition) is 1. The minimum absolute atomic E-state index is 0.666. The van der Waals surface area contributed by atoms with E-state index in [0.717, 1.165) is 43.1 Å². The zero-order chi connectivity index (χ0) is 17.9. The van der Waals surface area contributed by atoms with Gasteiger partial charge in [-0.2, -0.15) is 4.98 Å². The van der Waals surface area contributed by atoms with Crippen molar-refractivity contribution in [1.29, 1.82) is 0 Å². The van der Waals surface area contributed by atoms with Gasteiger partial charge in [-0.05, 0) is 42.5 Å². The highest BCUT2D eigenvalue weighted by molar-refractivity contribution is 5.60. The number of rotatable bonds is 4. The van der Waals surface area contributed by atoms with Crippen molar-refractivity contribution >= 4 is 17.5 Å².